The molecule has 4 fully saturated rings. The minimum atomic E-state index is -0.466. The van der Waals surface area contributed by atoms with Gasteiger partial charge in [0.05, 0.1) is 0 Å². The first-order chi connectivity index (χ1) is 8.16. The molecule has 0 atom stereocenters. The molecule has 1 heterocycles. The quantitative estimate of drug-likeness (QED) is 0.803. The molecule has 1 aromatic rings. The molecule has 4 aliphatic carbocycles. The number of aliphatic hydroxyl groups is 1. The molecule has 0 aromatic carbocycles. The van der Waals surface area contributed by atoms with Gasteiger partial charge in [0.2, 0.25) is 0 Å². The number of hydrogen-bond acceptors (Lipinski definition) is 2. The Morgan fingerprint density at radius 3 is 2.12 bits per heavy atom. The van der Waals surface area contributed by atoms with Crippen molar-refractivity contribution in [2.24, 2.45) is 23.7 Å². The first kappa shape index (κ1) is 10.6. The average molecular weight is 248 g/mol. The topological polar surface area (TPSA) is 20.2 Å². The van der Waals surface area contributed by atoms with Crippen LogP contribution >= 0.6 is 11.3 Å². The molecule has 0 aliphatic heterocycles. The van der Waals surface area contributed by atoms with Crippen LogP contribution in [0.15, 0.2) is 12.1 Å². The van der Waals surface area contributed by atoms with E-state index in [4.69, 9.17) is 0 Å². The predicted octanol–water partition coefficient (Wildman–Crippen LogP) is 3.70. The maximum atomic E-state index is 11.3. The summed E-state index contributed by atoms with van der Waals surface area (Å²) in [6.45, 7) is 2.15. The molecule has 1 N–H and O–H groups in total. The van der Waals surface area contributed by atoms with E-state index in [2.05, 4.69) is 19.1 Å². The molecule has 0 unspecified atom stereocenters. The van der Waals surface area contributed by atoms with Crippen LogP contribution in [0.25, 0.3) is 0 Å². The zero-order valence-electron chi connectivity index (χ0n) is 10.4. The van der Waals surface area contributed by atoms with Crippen molar-refractivity contribution in [2.75, 3.05) is 0 Å². The first-order valence-corrected chi connectivity index (χ1v) is 7.77. The van der Waals surface area contributed by atoms with Crippen LogP contribution in [-0.2, 0) is 5.60 Å². The van der Waals surface area contributed by atoms with E-state index in [9.17, 15) is 5.11 Å². The maximum absolute atomic E-state index is 11.3. The molecule has 4 bridgehead atoms. The minimum Gasteiger partial charge on any atom is -0.384 e. The molecule has 0 saturated heterocycles. The highest BCUT2D eigenvalue weighted by atomic mass is 32.1. The SMILES string of the molecule is Cc1ccc(C2(O)C3CC4CC(C3)CC2C4)s1. The standard InChI is InChI=1S/C15H20OS/c1-9-2-3-14(17-9)15(16)12-5-10-4-11(7-12)8-13(15)6-10/h2-3,10-13,16H,4-8H2,1H3. The summed E-state index contributed by atoms with van der Waals surface area (Å²) in [6.07, 6.45) is 6.56. The van der Waals surface area contributed by atoms with E-state index < -0.39 is 5.60 Å². The van der Waals surface area contributed by atoms with Gasteiger partial charge in [0, 0.05) is 9.75 Å². The molecular formula is C15H20OS. The van der Waals surface area contributed by atoms with Gasteiger partial charge in [-0.1, -0.05) is 0 Å². The van der Waals surface area contributed by atoms with Gasteiger partial charge in [-0.05, 0) is 74.8 Å². The smallest absolute Gasteiger partial charge is 0.104 e. The van der Waals surface area contributed by atoms with Crippen LogP contribution in [0.2, 0.25) is 0 Å². The van der Waals surface area contributed by atoms with E-state index in [-0.39, 0.29) is 0 Å². The number of hydrogen-bond donors (Lipinski definition) is 1. The molecule has 2 heteroatoms. The average Bonchev–Trinajstić information content (AvgIpc) is 2.72. The van der Waals surface area contributed by atoms with Crippen molar-refractivity contribution < 1.29 is 5.11 Å². The van der Waals surface area contributed by atoms with E-state index in [1.165, 1.54) is 41.9 Å². The van der Waals surface area contributed by atoms with Crippen molar-refractivity contribution >= 4 is 11.3 Å². The molecule has 0 amide bonds. The fourth-order valence-corrected chi connectivity index (χ4v) is 6.07. The Balaban J connectivity index is 1.78. The lowest BCUT2D eigenvalue weighted by Crippen LogP contribution is -2.55. The largest absolute Gasteiger partial charge is 0.384 e. The van der Waals surface area contributed by atoms with E-state index in [1.807, 2.05) is 11.3 Å². The van der Waals surface area contributed by atoms with Gasteiger partial charge < -0.3 is 5.11 Å². The third kappa shape index (κ3) is 1.34. The second-order valence-electron chi connectivity index (χ2n) is 6.54. The Morgan fingerprint density at radius 1 is 1.06 bits per heavy atom. The van der Waals surface area contributed by atoms with Gasteiger partial charge >= 0.3 is 0 Å². The summed E-state index contributed by atoms with van der Waals surface area (Å²) in [4.78, 5) is 2.59. The summed E-state index contributed by atoms with van der Waals surface area (Å²) in [6, 6.07) is 4.35. The summed E-state index contributed by atoms with van der Waals surface area (Å²) in [5.41, 5.74) is -0.466. The maximum Gasteiger partial charge on any atom is 0.104 e. The van der Waals surface area contributed by atoms with Crippen molar-refractivity contribution in [3.63, 3.8) is 0 Å². The van der Waals surface area contributed by atoms with Gasteiger partial charge in [0.15, 0.2) is 0 Å². The van der Waals surface area contributed by atoms with Gasteiger partial charge in [0.1, 0.15) is 5.60 Å². The Bertz CT molecular complexity index is 420. The van der Waals surface area contributed by atoms with Gasteiger partial charge in [0.25, 0.3) is 0 Å². The summed E-state index contributed by atoms with van der Waals surface area (Å²) in [5.74, 6) is 2.96. The molecule has 5 rings (SSSR count). The Labute approximate surface area is 107 Å². The normalized spacial score (nSPS) is 47.6. The number of rotatable bonds is 1. The van der Waals surface area contributed by atoms with Crippen molar-refractivity contribution in [1.82, 2.24) is 0 Å². The van der Waals surface area contributed by atoms with Crippen LogP contribution in [-0.4, -0.2) is 5.11 Å². The summed E-state index contributed by atoms with van der Waals surface area (Å²) < 4.78 is 0. The third-order valence-electron chi connectivity index (χ3n) is 5.52. The van der Waals surface area contributed by atoms with Crippen LogP contribution in [0, 0.1) is 30.6 Å². The van der Waals surface area contributed by atoms with Crippen molar-refractivity contribution in [1.29, 1.82) is 0 Å². The number of aryl methyl sites for hydroxylation is 1. The van der Waals surface area contributed by atoms with E-state index >= 15 is 0 Å². The van der Waals surface area contributed by atoms with Crippen LogP contribution in [0.3, 0.4) is 0 Å². The predicted molar refractivity (Wildman–Crippen MR) is 70.0 cm³/mol. The van der Waals surface area contributed by atoms with Gasteiger partial charge in [-0.3, -0.25) is 0 Å². The van der Waals surface area contributed by atoms with E-state index in [0.29, 0.717) is 11.8 Å². The zero-order chi connectivity index (χ0) is 11.6. The lowest BCUT2D eigenvalue weighted by molar-refractivity contribution is -0.177. The third-order valence-corrected chi connectivity index (χ3v) is 6.66. The zero-order valence-corrected chi connectivity index (χ0v) is 11.2. The summed E-state index contributed by atoms with van der Waals surface area (Å²) in [5, 5.41) is 11.3. The van der Waals surface area contributed by atoms with Crippen LogP contribution in [0.5, 0.6) is 0 Å². The van der Waals surface area contributed by atoms with E-state index in [1.54, 1.807) is 0 Å². The highest BCUT2D eigenvalue weighted by molar-refractivity contribution is 7.12. The molecule has 0 spiro atoms. The Kier molecular flexibility index (Phi) is 2.09. The lowest BCUT2D eigenvalue weighted by Gasteiger charge is -2.58. The molecule has 0 radical (unpaired) electrons. The van der Waals surface area contributed by atoms with Crippen LogP contribution < -0.4 is 0 Å². The number of thiophene rings is 1. The molecule has 1 aromatic heterocycles. The molecule has 4 saturated carbocycles. The van der Waals surface area contributed by atoms with Crippen LogP contribution in [0.4, 0.5) is 0 Å². The highest BCUT2D eigenvalue weighted by Gasteiger charge is 2.57. The van der Waals surface area contributed by atoms with E-state index in [0.717, 1.165) is 11.8 Å². The molecular weight excluding hydrogens is 228 g/mol. The van der Waals surface area contributed by atoms with Gasteiger partial charge in [-0.25, -0.2) is 0 Å². The fourth-order valence-electron chi connectivity index (χ4n) is 4.95. The molecule has 17 heavy (non-hydrogen) atoms. The van der Waals surface area contributed by atoms with Crippen molar-refractivity contribution in [3.05, 3.63) is 21.9 Å². The van der Waals surface area contributed by atoms with Crippen molar-refractivity contribution in [3.8, 4) is 0 Å². The highest BCUT2D eigenvalue weighted by Crippen LogP contribution is 2.62. The van der Waals surface area contributed by atoms with Gasteiger partial charge in [-0.2, -0.15) is 0 Å². The Morgan fingerprint density at radius 2 is 1.65 bits per heavy atom. The fraction of sp³-hybridized carbons (Fsp3) is 0.733. The van der Waals surface area contributed by atoms with Gasteiger partial charge in [-0.15, -0.1) is 11.3 Å². The lowest BCUT2D eigenvalue weighted by atomic mass is 9.49. The van der Waals surface area contributed by atoms with Crippen molar-refractivity contribution in [2.45, 2.75) is 44.6 Å². The molecule has 92 valence electrons. The first-order valence-electron chi connectivity index (χ1n) is 6.95. The van der Waals surface area contributed by atoms with Crippen LogP contribution in [0.1, 0.15) is 41.9 Å². The molecule has 1 nitrogen and oxygen atoms in total. The molecule has 4 aliphatic rings. The second-order valence-corrected chi connectivity index (χ2v) is 7.83. The monoisotopic (exact) mass is 248 g/mol. The second kappa shape index (κ2) is 3.36. The summed E-state index contributed by atoms with van der Waals surface area (Å²) in [7, 11) is 0. The summed E-state index contributed by atoms with van der Waals surface area (Å²) >= 11 is 1.82. The minimum absolute atomic E-state index is 0.466. The Hall–Kier alpha value is -0.340.